The van der Waals surface area contributed by atoms with Crippen LogP contribution in [-0.4, -0.2) is 30.1 Å². The van der Waals surface area contributed by atoms with Crippen molar-refractivity contribution in [2.24, 2.45) is 0 Å². The molecule has 1 unspecified atom stereocenters. The number of halogens is 1. The molecule has 0 amide bonds. The summed E-state index contributed by atoms with van der Waals surface area (Å²) in [6.07, 6.45) is 3.98. The SMILES string of the molecule is C[C@H](NC1CCN(C2CC2)C1)c1cccc(F)c1. The maximum atomic E-state index is 13.2. The largest absolute Gasteiger partial charge is 0.306 e. The van der Waals surface area contributed by atoms with Gasteiger partial charge in [0.05, 0.1) is 0 Å². The fraction of sp³-hybridized carbons (Fsp3) is 0.600. The summed E-state index contributed by atoms with van der Waals surface area (Å²) >= 11 is 0. The Bertz CT molecular complexity index is 417. The topological polar surface area (TPSA) is 15.3 Å². The molecule has 18 heavy (non-hydrogen) atoms. The van der Waals surface area contributed by atoms with E-state index < -0.39 is 0 Å². The summed E-state index contributed by atoms with van der Waals surface area (Å²) in [5.74, 6) is -0.146. The Kier molecular flexibility index (Phi) is 3.35. The first-order valence-electron chi connectivity index (χ1n) is 6.98. The van der Waals surface area contributed by atoms with E-state index in [-0.39, 0.29) is 11.9 Å². The van der Waals surface area contributed by atoms with Crippen LogP contribution in [-0.2, 0) is 0 Å². The second-order valence-electron chi connectivity index (χ2n) is 5.66. The summed E-state index contributed by atoms with van der Waals surface area (Å²) in [6.45, 7) is 4.50. The van der Waals surface area contributed by atoms with Crippen LogP contribution in [0.2, 0.25) is 0 Å². The maximum absolute atomic E-state index is 13.2. The summed E-state index contributed by atoms with van der Waals surface area (Å²) in [5, 5.41) is 3.63. The monoisotopic (exact) mass is 248 g/mol. The summed E-state index contributed by atoms with van der Waals surface area (Å²) in [7, 11) is 0. The van der Waals surface area contributed by atoms with Crippen LogP contribution in [0.5, 0.6) is 0 Å². The zero-order valence-corrected chi connectivity index (χ0v) is 10.9. The van der Waals surface area contributed by atoms with E-state index in [9.17, 15) is 4.39 Å². The highest BCUT2D eigenvalue weighted by atomic mass is 19.1. The van der Waals surface area contributed by atoms with Crippen molar-refractivity contribution in [1.29, 1.82) is 0 Å². The summed E-state index contributed by atoms with van der Waals surface area (Å²) in [4.78, 5) is 2.59. The quantitative estimate of drug-likeness (QED) is 0.881. The average molecular weight is 248 g/mol. The first-order valence-corrected chi connectivity index (χ1v) is 6.98. The van der Waals surface area contributed by atoms with Gasteiger partial charge >= 0.3 is 0 Å². The molecule has 2 atom stereocenters. The summed E-state index contributed by atoms with van der Waals surface area (Å²) in [5.41, 5.74) is 1.04. The number of hydrogen-bond acceptors (Lipinski definition) is 2. The van der Waals surface area contributed by atoms with Gasteiger partial charge in [-0.2, -0.15) is 0 Å². The predicted molar refractivity (Wildman–Crippen MR) is 71.0 cm³/mol. The lowest BCUT2D eigenvalue weighted by Crippen LogP contribution is -2.35. The van der Waals surface area contributed by atoms with E-state index in [1.54, 1.807) is 12.1 Å². The van der Waals surface area contributed by atoms with E-state index in [2.05, 4.69) is 17.1 Å². The van der Waals surface area contributed by atoms with E-state index in [1.165, 1.54) is 31.9 Å². The van der Waals surface area contributed by atoms with Crippen LogP contribution in [0.4, 0.5) is 4.39 Å². The molecule has 2 nitrogen and oxygen atoms in total. The van der Waals surface area contributed by atoms with Gasteiger partial charge in [0, 0.05) is 31.2 Å². The Morgan fingerprint density at radius 1 is 1.33 bits per heavy atom. The predicted octanol–water partition coefficient (Wildman–Crippen LogP) is 2.71. The van der Waals surface area contributed by atoms with Crippen LogP contribution in [0.1, 0.15) is 37.8 Å². The minimum absolute atomic E-state index is 0.146. The average Bonchev–Trinajstić information content (AvgIpc) is 3.11. The molecule has 1 aliphatic heterocycles. The highest BCUT2D eigenvalue weighted by Gasteiger charge is 2.34. The first-order chi connectivity index (χ1) is 8.72. The van der Waals surface area contributed by atoms with E-state index in [4.69, 9.17) is 0 Å². The van der Waals surface area contributed by atoms with Crippen LogP contribution < -0.4 is 5.32 Å². The van der Waals surface area contributed by atoms with Crippen molar-refractivity contribution in [2.45, 2.75) is 44.3 Å². The number of rotatable bonds is 4. The molecule has 0 aromatic heterocycles. The molecule has 1 aromatic rings. The molecule has 0 radical (unpaired) electrons. The smallest absolute Gasteiger partial charge is 0.123 e. The zero-order valence-electron chi connectivity index (χ0n) is 10.9. The third kappa shape index (κ3) is 2.73. The van der Waals surface area contributed by atoms with E-state index in [0.29, 0.717) is 6.04 Å². The molecule has 2 fully saturated rings. The molecule has 1 heterocycles. The molecule has 0 spiro atoms. The standard InChI is InChI=1S/C15H21FN2/c1-11(12-3-2-4-13(16)9-12)17-14-7-8-18(10-14)15-5-6-15/h2-4,9,11,14-15,17H,5-8,10H2,1H3/t11-,14?/m0/s1. The summed E-state index contributed by atoms with van der Waals surface area (Å²) < 4.78 is 13.2. The van der Waals surface area contributed by atoms with Gasteiger partial charge in [0.25, 0.3) is 0 Å². The fourth-order valence-electron chi connectivity index (χ4n) is 2.92. The van der Waals surface area contributed by atoms with Gasteiger partial charge in [-0.25, -0.2) is 4.39 Å². The van der Waals surface area contributed by atoms with Crippen molar-refractivity contribution >= 4 is 0 Å². The molecule has 1 aliphatic carbocycles. The lowest BCUT2D eigenvalue weighted by atomic mass is 10.1. The van der Waals surface area contributed by atoms with Crippen LogP contribution in [0.25, 0.3) is 0 Å². The van der Waals surface area contributed by atoms with Crippen molar-refractivity contribution in [2.75, 3.05) is 13.1 Å². The van der Waals surface area contributed by atoms with E-state index >= 15 is 0 Å². The lowest BCUT2D eigenvalue weighted by Gasteiger charge is -2.20. The molecular formula is C15H21FN2. The molecule has 1 N–H and O–H groups in total. The van der Waals surface area contributed by atoms with Gasteiger partial charge in [-0.1, -0.05) is 12.1 Å². The number of nitrogens with one attached hydrogen (secondary N) is 1. The van der Waals surface area contributed by atoms with E-state index in [0.717, 1.165) is 18.2 Å². The number of likely N-dealkylation sites (tertiary alicyclic amines) is 1. The van der Waals surface area contributed by atoms with Crippen molar-refractivity contribution in [1.82, 2.24) is 10.2 Å². The van der Waals surface area contributed by atoms with Crippen LogP contribution in [0, 0.1) is 5.82 Å². The van der Waals surface area contributed by atoms with Crippen LogP contribution in [0.15, 0.2) is 24.3 Å². The van der Waals surface area contributed by atoms with Gasteiger partial charge in [-0.3, -0.25) is 4.90 Å². The van der Waals surface area contributed by atoms with Gasteiger partial charge in [-0.15, -0.1) is 0 Å². The third-order valence-corrected chi connectivity index (χ3v) is 4.12. The zero-order chi connectivity index (χ0) is 12.5. The molecule has 3 rings (SSSR count). The van der Waals surface area contributed by atoms with E-state index in [1.807, 2.05) is 6.07 Å². The minimum Gasteiger partial charge on any atom is -0.306 e. The Hall–Kier alpha value is -0.930. The second-order valence-corrected chi connectivity index (χ2v) is 5.66. The molecule has 98 valence electrons. The Balaban J connectivity index is 1.56. The Morgan fingerprint density at radius 3 is 2.89 bits per heavy atom. The summed E-state index contributed by atoms with van der Waals surface area (Å²) in [6, 6.07) is 8.56. The second kappa shape index (κ2) is 4.98. The van der Waals surface area contributed by atoms with Gasteiger partial charge in [0.2, 0.25) is 0 Å². The van der Waals surface area contributed by atoms with Crippen molar-refractivity contribution in [3.8, 4) is 0 Å². The lowest BCUT2D eigenvalue weighted by molar-refractivity contribution is 0.313. The fourth-order valence-corrected chi connectivity index (χ4v) is 2.92. The van der Waals surface area contributed by atoms with Crippen molar-refractivity contribution < 1.29 is 4.39 Å². The van der Waals surface area contributed by atoms with Gasteiger partial charge in [0.1, 0.15) is 5.82 Å². The normalized spacial score (nSPS) is 26.4. The molecule has 3 heteroatoms. The maximum Gasteiger partial charge on any atom is 0.123 e. The highest BCUT2D eigenvalue weighted by Crippen LogP contribution is 2.30. The third-order valence-electron chi connectivity index (χ3n) is 4.12. The number of hydrogen-bond donors (Lipinski definition) is 1. The molecule has 1 saturated heterocycles. The van der Waals surface area contributed by atoms with Crippen LogP contribution >= 0.6 is 0 Å². The van der Waals surface area contributed by atoms with Gasteiger partial charge in [0.15, 0.2) is 0 Å². The molecule has 1 aromatic carbocycles. The highest BCUT2D eigenvalue weighted by molar-refractivity contribution is 5.19. The molecule has 2 aliphatic rings. The molecule has 0 bridgehead atoms. The minimum atomic E-state index is -0.146. The van der Waals surface area contributed by atoms with Crippen molar-refractivity contribution in [3.63, 3.8) is 0 Å². The molecular weight excluding hydrogens is 227 g/mol. The van der Waals surface area contributed by atoms with Gasteiger partial charge < -0.3 is 5.32 Å². The van der Waals surface area contributed by atoms with Gasteiger partial charge in [-0.05, 0) is 43.9 Å². The Morgan fingerprint density at radius 2 is 2.17 bits per heavy atom. The number of nitrogens with zero attached hydrogens (tertiary/aromatic N) is 1. The molecule has 1 saturated carbocycles. The first kappa shape index (κ1) is 12.1. The van der Waals surface area contributed by atoms with Crippen LogP contribution in [0.3, 0.4) is 0 Å². The number of benzene rings is 1. The Labute approximate surface area is 108 Å². The van der Waals surface area contributed by atoms with Crippen molar-refractivity contribution in [3.05, 3.63) is 35.6 Å².